The van der Waals surface area contributed by atoms with Gasteiger partial charge in [-0.05, 0) is 81.5 Å². The van der Waals surface area contributed by atoms with Gasteiger partial charge >= 0.3 is 0 Å². The van der Waals surface area contributed by atoms with Crippen molar-refractivity contribution in [1.82, 2.24) is 10.2 Å². The molecule has 0 bridgehead atoms. The van der Waals surface area contributed by atoms with Gasteiger partial charge in [-0.25, -0.2) is 0 Å². The molecule has 182 valence electrons. The molecule has 3 rings (SSSR count). The van der Waals surface area contributed by atoms with Crippen molar-refractivity contribution in [3.05, 3.63) is 29.3 Å². The van der Waals surface area contributed by atoms with Crippen LogP contribution < -0.4 is 15.8 Å². The molecule has 8 heteroatoms. The molecular weight excluding hydrogens is 420 g/mol. The third-order valence-corrected chi connectivity index (χ3v) is 6.76. The Balaban J connectivity index is 1.34. The van der Waals surface area contributed by atoms with E-state index in [9.17, 15) is 9.59 Å². The fourth-order valence-electron chi connectivity index (χ4n) is 4.08. The van der Waals surface area contributed by atoms with Crippen LogP contribution >= 0.6 is 0 Å². The Morgan fingerprint density at radius 2 is 2.00 bits per heavy atom. The summed E-state index contributed by atoms with van der Waals surface area (Å²) in [7, 11) is 0. The highest BCUT2D eigenvalue weighted by Crippen LogP contribution is 2.46. The number of carbonyl (C=O) groups is 2. The number of ether oxygens (including phenoxy) is 1. The summed E-state index contributed by atoms with van der Waals surface area (Å²) >= 11 is 0. The summed E-state index contributed by atoms with van der Waals surface area (Å²) in [6.45, 7) is 6.69. The number of benzene rings is 1. The average Bonchev–Trinajstić information content (AvgIpc) is 3.56. The van der Waals surface area contributed by atoms with Gasteiger partial charge in [-0.2, -0.15) is 4.99 Å². The van der Waals surface area contributed by atoms with Gasteiger partial charge in [0.25, 0.3) is 11.8 Å². The highest BCUT2D eigenvalue weighted by atomic mass is 16.5. The van der Waals surface area contributed by atoms with Gasteiger partial charge in [0.05, 0.1) is 6.61 Å². The predicted molar refractivity (Wildman–Crippen MR) is 128 cm³/mol. The summed E-state index contributed by atoms with van der Waals surface area (Å²) in [5.41, 5.74) is 7.31. The molecule has 1 saturated carbocycles. The zero-order chi connectivity index (χ0) is 23.8. The van der Waals surface area contributed by atoms with Gasteiger partial charge in [-0.3, -0.25) is 9.59 Å². The van der Waals surface area contributed by atoms with E-state index in [1.165, 1.54) is 0 Å². The fourth-order valence-corrected chi connectivity index (χ4v) is 4.08. The van der Waals surface area contributed by atoms with Gasteiger partial charge < -0.3 is 25.8 Å². The number of aliphatic imine (C=N–C) groups is 1. The Kier molecular flexibility index (Phi) is 8.72. The van der Waals surface area contributed by atoms with Crippen molar-refractivity contribution in [1.29, 1.82) is 0 Å². The molecule has 1 aromatic carbocycles. The first-order valence-electron chi connectivity index (χ1n) is 12.1. The molecule has 0 radical (unpaired) electrons. The second-order valence-corrected chi connectivity index (χ2v) is 9.57. The van der Waals surface area contributed by atoms with Crippen molar-refractivity contribution in [3.63, 3.8) is 0 Å². The van der Waals surface area contributed by atoms with Gasteiger partial charge in [-0.15, -0.1) is 0 Å². The molecule has 1 heterocycles. The second-order valence-electron chi connectivity index (χ2n) is 9.57. The molecule has 0 atom stereocenters. The lowest BCUT2D eigenvalue weighted by Gasteiger charge is -2.32. The molecule has 1 aliphatic carbocycles. The quantitative estimate of drug-likeness (QED) is 0.282. The molecule has 8 nitrogen and oxygen atoms in total. The lowest BCUT2D eigenvalue weighted by molar-refractivity contribution is -0.122. The van der Waals surface area contributed by atoms with Crippen LogP contribution in [0.25, 0.3) is 0 Å². The first-order valence-corrected chi connectivity index (χ1v) is 12.1. The van der Waals surface area contributed by atoms with Gasteiger partial charge in [0.2, 0.25) is 0 Å². The number of rotatable bonds is 10. The minimum atomic E-state index is -0.269. The number of piperidine rings is 1. The van der Waals surface area contributed by atoms with E-state index in [-0.39, 0.29) is 23.8 Å². The fraction of sp³-hybridized carbons (Fsp3) is 0.640. The molecule has 1 aliphatic heterocycles. The zero-order valence-electron chi connectivity index (χ0n) is 19.9. The Morgan fingerprint density at radius 1 is 1.27 bits per heavy atom. The number of guanidine groups is 1. The van der Waals surface area contributed by atoms with Crippen LogP contribution in [0.15, 0.2) is 23.2 Å². The molecule has 1 saturated heterocycles. The number of hydrogen-bond donors (Lipinski definition) is 3. The van der Waals surface area contributed by atoms with E-state index >= 15 is 0 Å². The third kappa shape index (κ3) is 7.19. The highest BCUT2D eigenvalue weighted by Gasteiger charge is 2.45. The molecule has 0 unspecified atom stereocenters. The smallest absolute Gasteiger partial charge is 0.254 e. The topological polar surface area (TPSA) is 117 Å². The Morgan fingerprint density at radius 3 is 2.64 bits per heavy atom. The molecule has 0 spiro atoms. The normalized spacial score (nSPS) is 18.2. The Labute approximate surface area is 196 Å². The van der Waals surface area contributed by atoms with Gasteiger partial charge in [-0.1, -0.05) is 6.92 Å². The van der Waals surface area contributed by atoms with Crippen molar-refractivity contribution in [2.45, 2.75) is 58.8 Å². The van der Waals surface area contributed by atoms with E-state index in [0.717, 1.165) is 62.9 Å². The van der Waals surface area contributed by atoms with Crippen LogP contribution in [-0.2, 0) is 4.79 Å². The standard InChI is InChI=1S/C25H38N4O4/c1-18-17-20(6-7-21(18)22(31)27-12-4-15-30)33-16-3-5-19-8-13-29(14-9-19)24(26)28-23(32)25(2)10-11-25/h6-7,17,19,30H,3-5,8-16H2,1-2H3,(H,27,31)(H2,26,28,32). The molecular formula is C25H38N4O4. The predicted octanol–water partition coefficient (Wildman–Crippen LogP) is 2.62. The Hall–Kier alpha value is -2.61. The maximum atomic E-state index is 12.2. The maximum Gasteiger partial charge on any atom is 0.254 e. The number of aliphatic hydroxyl groups is 1. The zero-order valence-corrected chi connectivity index (χ0v) is 19.9. The van der Waals surface area contributed by atoms with E-state index < -0.39 is 0 Å². The van der Waals surface area contributed by atoms with Crippen LogP contribution in [0, 0.1) is 18.3 Å². The lowest BCUT2D eigenvalue weighted by atomic mass is 9.92. The first-order chi connectivity index (χ1) is 15.8. The summed E-state index contributed by atoms with van der Waals surface area (Å²) in [5.74, 6) is 1.56. The molecule has 0 aromatic heterocycles. The van der Waals surface area contributed by atoms with Gasteiger partial charge in [0.1, 0.15) is 5.75 Å². The molecule has 4 N–H and O–H groups in total. The third-order valence-electron chi connectivity index (χ3n) is 6.76. The maximum absolute atomic E-state index is 12.2. The largest absolute Gasteiger partial charge is 0.494 e. The van der Waals surface area contributed by atoms with E-state index in [4.69, 9.17) is 15.6 Å². The van der Waals surface area contributed by atoms with Crippen LogP contribution in [0.2, 0.25) is 0 Å². The SMILES string of the molecule is Cc1cc(OCCCC2CCN(C(N)=NC(=O)C3(C)CC3)CC2)ccc1C(=O)NCCCO. The van der Waals surface area contributed by atoms with E-state index in [2.05, 4.69) is 10.3 Å². The molecule has 2 aliphatic rings. The van der Waals surface area contributed by atoms with Crippen molar-refractivity contribution < 1.29 is 19.4 Å². The number of aryl methyl sites for hydroxylation is 1. The van der Waals surface area contributed by atoms with Crippen LogP contribution in [0.5, 0.6) is 5.75 Å². The minimum absolute atomic E-state index is 0.0635. The van der Waals surface area contributed by atoms with Crippen molar-refractivity contribution in [3.8, 4) is 5.75 Å². The second kappa shape index (κ2) is 11.5. The monoisotopic (exact) mass is 458 g/mol. The summed E-state index contributed by atoms with van der Waals surface area (Å²) in [6, 6.07) is 5.51. The van der Waals surface area contributed by atoms with E-state index in [1.54, 1.807) is 6.07 Å². The number of nitrogens with zero attached hydrogens (tertiary/aromatic N) is 2. The number of carbonyl (C=O) groups excluding carboxylic acids is 2. The molecule has 33 heavy (non-hydrogen) atoms. The van der Waals surface area contributed by atoms with Crippen molar-refractivity contribution in [2.24, 2.45) is 22.1 Å². The van der Waals surface area contributed by atoms with Crippen LogP contribution in [0.1, 0.15) is 67.8 Å². The summed E-state index contributed by atoms with van der Waals surface area (Å²) in [4.78, 5) is 30.5. The number of aliphatic hydroxyl groups excluding tert-OH is 1. The summed E-state index contributed by atoms with van der Waals surface area (Å²) in [6.07, 6.45) is 6.51. The molecule has 2 amide bonds. The van der Waals surface area contributed by atoms with Crippen LogP contribution in [0.4, 0.5) is 0 Å². The van der Waals surface area contributed by atoms with Gasteiger partial charge in [0.15, 0.2) is 5.96 Å². The molecule has 2 fully saturated rings. The van der Waals surface area contributed by atoms with Gasteiger partial charge in [0, 0.05) is 37.2 Å². The Bertz CT molecular complexity index is 858. The van der Waals surface area contributed by atoms with Crippen LogP contribution in [0.3, 0.4) is 0 Å². The summed E-state index contributed by atoms with van der Waals surface area (Å²) in [5, 5.41) is 11.6. The average molecular weight is 459 g/mol. The molecule has 1 aromatic rings. The number of likely N-dealkylation sites (tertiary alicyclic amines) is 1. The van der Waals surface area contributed by atoms with Crippen molar-refractivity contribution in [2.75, 3.05) is 32.8 Å². The summed E-state index contributed by atoms with van der Waals surface area (Å²) < 4.78 is 5.90. The number of amides is 2. The number of nitrogens with one attached hydrogen (secondary N) is 1. The highest BCUT2D eigenvalue weighted by molar-refractivity contribution is 5.96. The first kappa shape index (κ1) is 25.0. The van der Waals surface area contributed by atoms with Crippen LogP contribution in [-0.4, -0.2) is 60.6 Å². The lowest BCUT2D eigenvalue weighted by Crippen LogP contribution is -2.43. The minimum Gasteiger partial charge on any atom is -0.494 e. The van der Waals surface area contributed by atoms with E-state index in [1.807, 2.05) is 30.9 Å². The number of hydrogen-bond acceptors (Lipinski definition) is 4. The van der Waals surface area contributed by atoms with E-state index in [0.29, 0.717) is 37.0 Å². The van der Waals surface area contributed by atoms with Crippen molar-refractivity contribution >= 4 is 17.8 Å². The number of nitrogens with two attached hydrogens (primary N) is 1.